The minimum atomic E-state index is -4.51. The number of hydrogen-bond donors (Lipinski definition) is 2. The number of alkyl halides is 3. The van der Waals surface area contributed by atoms with Gasteiger partial charge in [0.2, 0.25) is 0 Å². The van der Waals surface area contributed by atoms with Crippen molar-refractivity contribution in [2.45, 2.75) is 6.18 Å². The van der Waals surface area contributed by atoms with Crippen LogP contribution in [0.4, 0.5) is 13.2 Å². The molecule has 0 unspecified atom stereocenters. The van der Waals surface area contributed by atoms with E-state index >= 15 is 0 Å². The number of rotatable bonds is 4. The first kappa shape index (κ1) is 12.6. The molecule has 0 amide bonds. The Bertz CT molecular complexity index is 347. The highest BCUT2D eigenvalue weighted by molar-refractivity contribution is 6.33. The summed E-state index contributed by atoms with van der Waals surface area (Å²) in [6.07, 6.45) is -3.32. The quantitative estimate of drug-likeness (QED) is 0.740. The van der Waals surface area contributed by atoms with E-state index in [4.69, 9.17) is 10.0 Å². The molecule has 88 valence electrons. The van der Waals surface area contributed by atoms with Gasteiger partial charge in [0.1, 0.15) is 0 Å². The van der Waals surface area contributed by atoms with E-state index in [1.54, 1.807) is 0 Å². The molecule has 0 aliphatic heterocycles. The lowest BCUT2D eigenvalue weighted by Gasteiger charge is -2.12. The predicted molar refractivity (Wildman–Crippen MR) is 46.6 cm³/mol. The van der Waals surface area contributed by atoms with E-state index in [1.807, 2.05) is 0 Å². The number of ether oxygens (including phenoxy) is 1. The van der Waals surface area contributed by atoms with Crippen LogP contribution in [-0.2, 0) is 0 Å². The molecule has 2 N–H and O–H groups in total. The summed E-state index contributed by atoms with van der Waals surface area (Å²) in [5, 5.41) is 17.0. The molecule has 0 saturated heterocycles. The summed E-state index contributed by atoms with van der Waals surface area (Å²) < 4.78 is 44.2. The molecule has 0 aromatic carbocycles. The van der Waals surface area contributed by atoms with Crippen LogP contribution in [0.2, 0.25) is 0 Å². The molecule has 1 rings (SSSR count). The Morgan fingerprint density at radius 2 is 2.06 bits per heavy atom. The highest BCUT2D eigenvalue weighted by atomic mass is 19.4. The minimum Gasteiger partial charge on any atom is -0.508 e. The molecule has 16 heavy (non-hydrogen) atoms. The number of aromatic nitrogens is 1. The van der Waals surface area contributed by atoms with Crippen molar-refractivity contribution in [3.05, 3.63) is 18.3 Å². The molecule has 0 spiro atoms. The molecule has 0 radical (unpaired) electrons. The number of pyridine rings is 1. The molecule has 0 fully saturated rings. The number of halogens is 3. The van der Waals surface area contributed by atoms with Crippen molar-refractivity contribution in [1.29, 1.82) is 0 Å². The van der Waals surface area contributed by atoms with Crippen molar-refractivity contribution in [2.75, 3.05) is 6.61 Å². The van der Waals surface area contributed by atoms with Crippen molar-refractivity contribution >= 4 is 7.32 Å². The number of nitrogens with zero attached hydrogens (tertiary/aromatic N) is 1. The van der Waals surface area contributed by atoms with Crippen LogP contribution in [0.1, 0.15) is 0 Å². The van der Waals surface area contributed by atoms with Gasteiger partial charge >= 0.3 is 13.5 Å². The fourth-order valence-corrected chi connectivity index (χ4v) is 0.838. The van der Waals surface area contributed by atoms with Crippen LogP contribution in [0, 0.1) is 0 Å². The standard InChI is InChI=1S/C7H7BF3NO4/c9-7(10,11)4-15-6-5(16-8(13)14)2-1-3-12-6/h1-3,13-14H,4H2. The Hall–Kier alpha value is -1.48. The van der Waals surface area contributed by atoms with E-state index in [1.165, 1.54) is 18.3 Å². The molecule has 0 aliphatic carbocycles. The maximum absolute atomic E-state index is 11.8. The fourth-order valence-electron chi connectivity index (χ4n) is 0.838. The second kappa shape index (κ2) is 5.04. The van der Waals surface area contributed by atoms with Gasteiger partial charge in [-0.05, 0) is 12.1 Å². The van der Waals surface area contributed by atoms with Gasteiger partial charge in [-0.2, -0.15) is 13.2 Å². The molecule has 0 atom stereocenters. The van der Waals surface area contributed by atoms with E-state index in [2.05, 4.69) is 14.4 Å². The van der Waals surface area contributed by atoms with Crippen LogP contribution in [0.5, 0.6) is 11.6 Å². The summed E-state index contributed by atoms with van der Waals surface area (Å²) in [7, 11) is -2.16. The maximum Gasteiger partial charge on any atom is 0.707 e. The Kier molecular flexibility index (Phi) is 3.96. The lowest BCUT2D eigenvalue weighted by atomic mass is 10.2. The van der Waals surface area contributed by atoms with E-state index in [0.29, 0.717) is 0 Å². The molecule has 9 heteroatoms. The van der Waals surface area contributed by atoms with Crippen LogP contribution in [0.15, 0.2) is 18.3 Å². The van der Waals surface area contributed by atoms with Gasteiger partial charge in [0, 0.05) is 6.20 Å². The zero-order valence-electron chi connectivity index (χ0n) is 7.81. The second-order valence-corrected chi connectivity index (χ2v) is 2.65. The summed E-state index contributed by atoms with van der Waals surface area (Å²) in [5.74, 6) is -0.755. The van der Waals surface area contributed by atoms with Crippen molar-refractivity contribution in [3.8, 4) is 11.6 Å². The van der Waals surface area contributed by atoms with Crippen LogP contribution >= 0.6 is 0 Å². The van der Waals surface area contributed by atoms with Gasteiger partial charge in [-0.25, -0.2) is 4.98 Å². The largest absolute Gasteiger partial charge is 0.707 e. The molecule has 1 aromatic heterocycles. The summed E-state index contributed by atoms with van der Waals surface area (Å²) in [5.41, 5.74) is 0. The molecule has 1 aromatic rings. The Morgan fingerprint density at radius 3 is 2.62 bits per heavy atom. The van der Waals surface area contributed by atoms with Crippen molar-refractivity contribution < 1.29 is 32.6 Å². The molecule has 0 saturated carbocycles. The molecule has 1 heterocycles. The van der Waals surface area contributed by atoms with E-state index < -0.39 is 26.0 Å². The minimum absolute atomic E-state index is 0.290. The highest BCUT2D eigenvalue weighted by Gasteiger charge is 2.29. The summed E-state index contributed by atoms with van der Waals surface area (Å²) in [6.45, 7) is -1.54. The summed E-state index contributed by atoms with van der Waals surface area (Å²) in [6, 6.07) is 2.54. The van der Waals surface area contributed by atoms with Gasteiger partial charge in [-0.15, -0.1) is 0 Å². The Balaban J connectivity index is 2.71. The molecule has 5 nitrogen and oxygen atoms in total. The summed E-state index contributed by atoms with van der Waals surface area (Å²) in [4.78, 5) is 3.47. The zero-order valence-corrected chi connectivity index (χ0v) is 7.81. The average Bonchev–Trinajstić information content (AvgIpc) is 2.14. The Labute approximate surface area is 88.6 Å². The topological polar surface area (TPSA) is 71.8 Å². The van der Waals surface area contributed by atoms with Gasteiger partial charge < -0.3 is 19.4 Å². The van der Waals surface area contributed by atoms with Gasteiger partial charge in [0.25, 0.3) is 5.88 Å². The lowest BCUT2D eigenvalue weighted by molar-refractivity contribution is -0.154. The van der Waals surface area contributed by atoms with Gasteiger partial charge in [-0.1, -0.05) is 0 Å². The van der Waals surface area contributed by atoms with Crippen molar-refractivity contribution in [1.82, 2.24) is 4.98 Å². The molecular formula is C7H7BF3NO4. The van der Waals surface area contributed by atoms with Crippen LogP contribution in [-0.4, -0.2) is 35.1 Å². The second-order valence-electron chi connectivity index (χ2n) is 2.65. The van der Waals surface area contributed by atoms with Crippen molar-refractivity contribution in [3.63, 3.8) is 0 Å². The predicted octanol–water partition coefficient (Wildman–Crippen LogP) is 0.371. The number of hydrogen-bond acceptors (Lipinski definition) is 5. The maximum atomic E-state index is 11.8. The first-order chi connectivity index (χ1) is 7.38. The summed E-state index contributed by atoms with van der Waals surface area (Å²) >= 11 is 0. The monoisotopic (exact) mass is 237 g/mol. The first-order valence-electron chi connectivity index (χ1n) is 4.06. The van der Waals surface area contributed by atoms with E-state index in [-0.39, 0.29) is 5.75 Å². The molecule has 0 bridgehead atoms. The first-order valence-corrected chi connectivity index (χ1v) is 4.06. The molecular weight excluding hydrogens is 230 g/mol. The van der Waals surface area contributed by atoms with E-state index in [9.17, 15) is 13.2 Å². The SMILES string of the molecule is OB(O)Oc1cccnc1OCC(F)(F)F. The lowest BCUT2D eigenvalue weighted by Crippen LogP contribution is -2.23. The fraction of sp³-hybridized carbons (Fsp3) is 0.286. The average molecular weight is 237 g/mol. The van der Waals surface area contributed by atoms with Crippen LogP contribution in [0.3, 0.4) is 0 Å². The van der Waals surface area contributed by atoms with E-state index in [0.717, 1.165) is 0 Å². The van der Waals surface area contributed by atoms with Gasteiger partial charge in [0.15, 0.2) is 12.4 Å². The normalized spacial score (nSPS) is 11.1. The van der Waals surface area contributed by atoms with Gasteiger partial charge in [-0.3, -0.25) is 0 Å². The van der Waals surface area contributed by atoms with Gasteiger partial charge in [0.05, 0.1) is 0 Å². The third-order valence-corrected chi connectivity index (χ3v) is 1.34. The zero-order chi connectivity index (χ0) is 12.2. The van der Waals surface area contributed by atoms with Crippen LogP contribution < -0.4 is 9.39 Å². The Morgan fingerprint density at radius 1 is 1.38 bits per heavy atom. The third kappa shape index (κ3) is 4.36. The molecule has 0 aliphatic rings. The van der Waals surface area contributed by atoms with Crippen molar-refractivity contribution in [2.24, 2.45) is 0 Å². The highest BCUT2D eigenvalue weighted by Crippen LogP contribution is 2.25. The smallest absolute Gasteiger partial charge is 0.508 e. The third-order valence-electron chi connectivity index (χ3n) is 1.34. The van der Waals surface area contributed by atoms with Crippen LogP contribution in [0.25, 0.3) is 0 Å².